The van der Waals surface area contributed by atoms with E-state index in [2.05, 4.69) is 17.2 Å². The van der Waals surface area contributed by atoms with Gasteiger partial charge in [-0.1, -0.05) is 64.0 Å². The lowest BCUT2D eigenvalue weighted by Crippen LogP contribution is -2.26. The molecule has 0 aliphatic carbocycles. The second kappa shape index (κ2) is 14.9. The third kappa shape index (κ3) is 12.7. The van der Waals surface area contributed by atoms with Gasteiger partial charge in [-0.15, -0.1) is 0 Å². The van der Waals surface area contributed by atoms with E-state index in [0.29, 0.717) is 13.2 Å². The highest BCUT2D eigenvalue weighted by molar-refractivity contribution is 5.78. The number of nitrogens with two attached hydrogens (primary N) is 2. The summed E-state index contributed by atoms with van der Waals surface area (Å²) < 4.78 is 5.20. The molecule has 1 aromatic carbocycles. The molecule has 0 aromatic heterocycles. The van der Waals surface area contributed by atoms with Crippen LogP contribution < -0.4 is 16.8 Å². The third-order valence-electron chi connectivity index (χ3n) is 4.34. The molecule has 0 radical (unpaired) electrons. The number of guanidine groups is 1. The van der Waals surface area contributed by atoms with E-state index >= 15 is 0 Å². The van der Waals surface area contributed by atoms with Crippen LogP contribution in [0.25, 0.3) is 0 Å². The summed E-state index contributed by atoms with van der Waals surface area (Å²) in [7, 11) is 0. The zero-order chi connectivity index (χ0) is 19.7. The topological polar surface area (TPSA) is 103 Å². The average Bonchev–Trinajstić information content (AvgIpc) is 2.65. The van der Waals surface area contributed by atoms with Crippen LogP contribution in [-0.4, -0.2) is 25.2 Å². The van der Waals surface area contributed by atoms with Crippen LogP contribution in [0.5, 0.6) is 0 Å². The van der Waals surface area contributed by atoms with E-state index in [4.69, 9.17) is 16.2 Å². The molecule has 0 aliphatic heterocycles. The highest BCUT2D eigenvalue weighted by Crippen LogP contribution is 2.13. The van der Waals surface area contributed by atoms with Crippen molar-refractivity contribution in [3.8, 4) is 0 Å². The number of rotatable bonds is 14. The zero-order valence-corrected chi connectivity index (χ0v) is 16.7. The fourth-order valence-corrected chi connectivity index (χ4v) is 2.82. The van der Waals surface area contributed by atoms with Crippen molar-refractivity contribution in [1.82, 2.24) is 5.32 Å². The van der Waals surface area contributed by atoms with Crippen LogP contribution >= 0.6 is 0 Å². The molecule has 0 atom stereocenters. The Labute approximate surface area is 163 Å². The summed E-state index contributed by atoms with van der Waals surface area (Å²) in [5, 5.41) is 2.80. The van der Waals surface area contributed by atoms with Gasteiger partial charge in [0.25, 0.3) is 0 Å². The van der Waals surface area contributed by atoms with Crippen LogP contribution in [-0.2, 0) is 11.2 Å². The molecule has 5 N–H and O–H groups in total. The standard InChI is InChI=1S/C21H36N4O2/c1-2-3-4-5-6-7-8-9-17-27-21(26)24-16-10-11-18-12-14-19(15-13-18)25-20(22)23/h12-15H,2-11,16-17H2,1H3,(H,24,26)(H4,22,23,25). The van der Waals surface area contributed by atoms with Crippen LogP contribution in [0.2, 0.25) is 0 Å². The normalized spacial score (nSPS) is 10.4. The zero-order valence-electron chi connectivity index (χ0n) is 16.7. The van der Waals surface area contributed by atoms with Crippen molar-refractivity contribution >= 4 is 17.7 Å². The molecule has 0 heterocycles. The quantitative estimate of drug-likeness (QED) is 0.254. The molecule has 1 amide bonds. The van der Waals surface area contributed by atoms with Crippen LogP contribution in [0.1, 0.15) is 70.3 Å². The summed E-state index contributed by atoms with van der Waals surface area (Å²) in [6.45, 7) is 3.34. The van der Waals surface area contributed by atoms with Gasteiger partial charge in [-0.2, -0.15) is 0 Å². The van der Waals surface area contributed by atoms with Gasteiger partial charge in [-0.25, -0.2) is 9.79 Å². The Bertz CT molecular complexity index is 540. The summed E-state index contributed by atoms with van der Waals surface area (Å²) in [5.41, 5.74) is 12.6. The second-order valence-electron chi connectivity index (χ2n) is 6.84. The Morgan fingerprint density at radius 2 is 1.59 bits per heavy atom. The van der Waals surface area contributed by atoms with E-state index in [0.717, 1.165) is 31.4 Å². The van der Waals surface area contributed by atoms with Crippen molar-refractivity contribution in [3.63, 3.8) is 0 Å². The molecular formula is C21H36N4O2. The molecule has 0 spiro atoms. The van der Waals surface area contributed by atoms with E-state index in [1.807, 2.05) is 24.3 Å². The third-order valence-corrected chi connectivity index (χ3v) is 4.34. The Kier molecular flexibility index (Phi) is 12.6. The Hall–Kier alpha value is -2.24. The van der Waals surface area contributed by atoms with Gasteiger partial charge in [0, 0.05) is 6.54 Å². The summed E-state index contributed by atoms with van der Waals surface area (Å²) in [6, 6.07) is 7.73. The molecule has 0 unspecified atom stereocenters. The summed E-state index contributed by atoms with van der Waals surface area (Å²) >= 11 is 0. The van der Waals surface area contributed by atoms with Crippen molar-refractivity contribution in [2.24, 2.45) is 16.5 Å². The van der Waals surface area contributed by atoms with Crippen molar-refractivity contribution in [1.29, 1.82) is 0 Å². The minimum absolute atomic E-state index is 0.0532. The van der Waals surface area contributed by atoms with E-state index in [1.54, 1.807) is 0 Å². The SMILES string of the molecule is CCCCCCCCCCOC(=O)NCCCc1ccc(N=C(N)N)cc1. The van der Waals surface area contributed by atoms with Gasteiger partial charge >= 0.3 is 6.09 Å². The number of aliphatic imine (C=N–C) groups is 1. The fraction of sp³-hybridized carbons (Fsp3) is 0.619. The number of ether oxygens (including phenoxy) is 1. The lowest BCUT2D eigenvalue weighted by molar-refractivity contribution is 0.143. The maximum Gasteiger partial charge on any atom is 0.407 e. The van der Waals surface area contributed by atoms with Crippen LogP contribution in [0.3, 0.4) is 0 Å². The first-order chi connectivity index (χ1) is 13.1. The van der Waals surface area contributed by atoms with Crippen molar-refractivity contribution in [2.75, 3.05) is 13.2 Å². The van der Waals surface area contributed by atoms with Gasteiger partial charge in [-0.3, -0.25) is 0 Å². The number of carbonyl (C=O) groups is 1. The molecule has 0 fully saturated rings. The smallest absolute Gasteiger partial charge is 0.407 e. The van der Waals surface area contributed by atoms with Gasteiger partial charge in [0.05, 0.1) is 12.3 Å². The van der Waals surface area contributed by atoms with Crippen molar-refractivity contribution < 1.29 is 9.53 Å². The monoisotopic (exact) mass is 376 g/mol. The van der Waals surface area contributed by atoms with E-state index in [1.165, 1.54) is 44.1 Å². The second-order valence-corrected chi connectivity index (χ2v) is 6.84. The predicted octanol–water partition coefficient (Wildman–Crippen LogP) is 4.39. The number of benzene rings is 1. The summed E-state index contributed by atoms with van der Waals surface area (Å²) in [6.07, 6.45) is 11.3. The molecule has 1 rings (SSSR count). The highest BCUT2D eigenvalue weighted by Gasteiger charge is 2.01. The lowest BCUT2D eigenvalue weighted by atomic mass is 10.1. The summed E-state index contributed by atoms with van der Waals surface area (Å²) in [4.78, 5) is 15.6. The van der Waals surface area contributed by atoms with Crippen molar-refractivity contribution in [3.05, 3.63) is 29.8 Å². The molecule has 6 nitrogen and oxygen atoms in total. The molecular weight excluding hydrogens is 340 g/mol. The number of unbranched alkanes of at least 4 members (excludes halogenated alkanes) is 7. The minimum Gasteiger partial charge on any atom is -0.450 e. The first kappa shape index (κ1) is 22.8. The number of amides is 1. The van der Waals surface area contributed by atoms with Crippen LogP contribution in [0.15, 0.2) is 29.3 Å². The highest BCUT2D eigenvalue weighted by atomic mass is 16.5. The van der Waals surface area contributed by atoms with E-state index in [-0.39, 0.29) is 12.1 Å². The Morgan fingerprint density at radius 1 is 0.963 bits per heavy atom. The predicted molar refractivity (Wildman–Crippen MR) is 112 cm³/mol. The fourth-order valence-electron chi connectivity index (χ4n) is 2.82. The molecule has 0 saturated carbocycles. The number of hydrogen-bond donors (Lipinski definition) is 3. The Balaban J connectivity index is 1.99. The molecule has 27 heavy (non-hydrogen) atoms. The molecule has 0 aliphatic rings. The number of carbonyl (C=O) groups excluding carboxylic acids is 1. The summed E-state index contributed by atoms with van der Waals surface area (Å²) in [5.74, 6) is 0.0532. The lowest BCUT2D eigenvalue weighted by Gasteiger charge is -2.07. The largest absolute Gasteiger partial charge is 0.450 e. The van der Waals surface area contributed by atoms with Gasteiger partial charge in [-0.05, 0) is 37.0 Å². The first-order valence-electron chi connectivity index (χ1n) is 10.2. The van der Waals surface area contributed by atoms with E-state index in [9.17, 15) is 4.79 Å². The minimum atomic E-state index is -0.318. The maximum atomic E-state index is 11.6. The number of hydrogen-bond acceptors (Lipinski definition) is 3. The number of nitrogens with zero attached hydrogens (tertiary/aromatic N) is 1. The van der Waals surface area contributed by atoms with Gasteiger partial charge in [0.2, 0.25) is 0 Å². The molecule has 152 valence electrons. The van der Waals surface area contributed by atoms with Gasteiger partial charge in [0.15, 0.2) is 5.96 Å². The van der Waals surface area contributed by atoms with Crippen LogP contribution in [0, 0.1) is 0 Å². The Morgan fingerprint density at radius 3 is 2.22 bits per heavy atom. The maximum absolute atomic E-state index is 11.6. The van der Waals surface area contributed by atoms with Crippen molar-refractivity contribution in [2.45, 2.75) is 71.1 Å². The number of nitrogens with one attached hydrogen (secondary N) is 1. The van der Waals surface area contributed by atoms with Gasteiger partial charge < -0.3 is 21.5 Å². The van der Waals surface area contributed by atoms with Crippen LogP contribution in [0.4, 0.5) is 10.5 Å². The molecule has 0 saturated heterocycles. The molecule has 1 aromatic rings. The number of alkyl carbamates (subject to hydrolysis) is 1. The molecule has 6 heteroatoms. The average molecular weight is 377 g/mol. The molecule has 0 bridgehead atoms. The number of aryl methyl sites for hydroxylation is 1. The first-order valence-corrected chi connectivity index (χ1v) is 10.2. The van der Waals surface area contributed by atoms with Gasteiger partial charge in [0.1, 0.15) is 0 Å². The van der Waals surface area contributed by atoms with E-state index < -0.39 is 0 Å².